The van der Waals surface area contributed by atoms with Crippen molar-refractivity contribution in [1.82, 2.24) is 4.90 Å². The minimum absolute atomic E-state index is 0.235. The predicted octanol–water partition coefficient (Wildman–Crippen LogP) is 1.38. The molecule has 0 radical (unpaired) electrons. The first kappa shape index (κ1) is 11.7. The van der Waals surface area contributed by atoms with Crippen LogP contribution in [0.3, 0.4) is 0 Å². The van der Waals surface area contributed by atoms with Crippen molar-refractivity contribution in [2.75, 3.05) is 13.1 Å². The van der Waals surface area contributed by atoms with Gasteiger partial charge in [0.2, 0.25) is 5.91 Å². The fourth-order valence-corrected chi connectivity index (χ4v) is 1.46. The van der Waals surface area contributed by atoms with Crippen molar-refractivity contribution in [3.8, 4) is 0 Å². The molecular formula is C12H18N2O. The third-order valence-electron chi connectivity index (χ3n) is 2.37. The second-order valence-corrected chi connectivity index (χ2v) is 3.57. The Hall–Kier alpha value is -1.35. The lowest BCUT2D eigenvalue weighted by atomic mass is 10.2. The van der Waals surface area contributed by atoms with E-state index in [1.165, 1.54) is 5.56 Å². The van der Waals surface area contributed by atoms with Crippen LogP contribution in [0.2, 0.25) is 0 Å². The first-order valence-electron chi connectivity index (χ1n) is 5.27. The number of hydrogen-bond acceptors (Lipinski definition) is 2. The van der Waals surface area contributed by atoms with E-state index in [0.717, 1.165) is 19.6 Å². The van der Waals surface area contributed by atoms with Crippen LogP contribution in [-0.2, 0) is 11.3 Å². The molecule has 0 saturated carbocycles. The number of primary amides is 1. The maximum absolute atomic E-state index is 10.7. The third kappa shape index (κ3) is 4.61. The van der Waals surface area contributed by atoms with Crippen molar-refractivity contribution in [3.05, 3.63) is 35.9 Å². The highest BCUT2D eigenvalue weighted by Gasteiger charge is 2.04. The van der Waals surface area contributed by atoms with E-state index in [1.807, 2.05) is 18.2 Å². The lowest BCUT2D eigenvalue weighted by Crippen LogP contribution is -2.27. The summed E-state index contributed by atoms with van der Waals surface area (Å²) in [6.45, 7) is 4.64. The molecule has 0 bridgehead atoms. The molecule has 0 aromatic heterocycles. The van der Waals surface area contributed by atoms with Gasteiger partial charge in [0.25, 0.3) is 0 Å². The van der Waals surface area contributed by atoms with E-state index >= 15 is 0 Å². The first-order chi connectivity index (χ1) is 7.22. The summed E-state index contributed by atoms with van der Waals surface area (Å²) in [6.07, 6.45) is 0.431. The minimum Gasteiger partial charge on any atom is -0.370 e. The molecule has 0 spiro atoms. The van der Waals surface area contributed by atoms with E-state index in [-0.39, 0.29) is 5.91 Å². The van der Waals surface area contributed by atoms with Gasteiger partial charge in [0.05, 0.1) is 0 Å². The summed E-state index contributed by atoms with van der Waals surface area (Å²) in [6, 6.07) is 10.2. The molecular weight excluding hydrogens is 188 g/mol. The molecule has 2 N–H and O–H groups in total. The second-order valence-electron chi connectivity index (χ2n) is 3.57. The molecule has 15 heavy (non-hydrogen) atoms. The van der Waals surface area contributed by atoms with Crippen molar-refractivity contribution < 1.29 is 4.79 Å². The van der Waals surface area contributed by atoms with Crippen molar-refractivity contribution in [3.63, 3.8) is 0 Å². The number of rotatable bonds is 6. The standard InChI is InChI=1S/C12H18N2O/c1-2-14(9-8-12(13)15)10-11-6-4-3-5-7-11/h3-7H,2,8-10H2,1H3,(H2,13,15). The molecule has 3 nitrogen and oxygen atoms in total. The minimum atomic E-state index is -0.235. The van der Waals surface area contributed by atoms with Crippen molar-refractivity contribution in [1.29, 1.82) is 0 Å². The Balaban J connectivity index is 2.43. The zero-order valence-electron chi connectivity index (χ0n) is 9.15. The van der Waals surface area contributed by atoms with Crippen LogP contribution in [0.15, 0.2) is 30.3 Å². The molecule has 0 fully saturated rings. The molecule has 1 aromatic carbocycles. The van der Waals surface area contributed by atoms with Gasteiger partial charge in [-0.05, 0) is 12.1 Å². The zero-order chi connectivity index (χ0) is 11.1. The lowest BCUT2D eigenvalue weighted by molar-refractivity contribution is -0.118. The maximum atomic E-state index is 10.7. The molecule has 82 valence electrons. The molecule has 3 heteroatoms. The van der Waals surface area contributed by atoms with E-state index in [2.05, 4.69) is 24.0 Å². The van der Waals surface area contributed by atoms with E-state index in [4.69, 9.17) is 5.73 Å². The summed E-state index contributed by atoms with van der Waals surface area (Å²) in [7, 11) is 0. The number of benzene rings is 1. The molecule has 1 amide bonds. The number of carbonyl (C=O) groups is 1. The van der Waals surface area contributed by atoms with Crippen molar-refractivity contribution >= 4 is 5.91 Å². The molecule has 0 aliphatic heterocycles. The highest BCUT2D eigenvalue weighted by atomic mass is 16.1. The number of hydrogen-bond donors (Lipinski definition) is 1. The van der Waals surface area contributed by atoms with Gasteiger partial charge in [-0.2, -0.15) is 0 Å². The normalized spacial score (nSPS) is 10.5. The second kappa shape index (κ2) is 6.19. The number of carbonyl (C=O) groups excluding carboxylic acids is 1. The average molecular weight is 206 g/mol. The summed E-state index contributed by atoms with van der Waals surface area (Å²) in [4.78, 5) is 12.9. The highest BCUT2D eigenvalue weighted by molar-refractivity contribution is 5.73. The van der Waals surface area contributed by atoms with Crippen LogP contribution in [0.4, 0.5) is 0 Å². The van der Waals surface area contributed by atoms with Crippen LogP contribution in [-0.4, -0.2) is 23.9 Å². The molecule has 0 aliphatic rings. The quantitative estimate of drug-likeness (QED) is 0.764. The van der Waals surface area contributed by atoms with Gasteiger partial charge in [-0.1, -0.05) is 37.3 Å². The summed E-state index contributed by atoms with van der Waals surface area (Å²) >= 11 is 0. The Morgan fingerprint density at radius 2 is 2.00 bits per heavy atom. The van der Waals surface area contributed by atoms with E-state index in [1.54, 1.807) is 0 Å². The average Bonchev–Trinajstić information content (AvgIpc) is 2.25. The van der Waals surface area contributed by atoms with Crippen LogP contribution >= 0.6 is 0 Å². The first-order valence-corrected chi connectivity index (χ1v) is 5.27. The molecule has 0 atom stereocenters. The number of amides is 1. The molecule has 1 aromatic rings. The highest BCUT2D eigenvalue weighted by Crippen LogP contribution is 2.04. The largest absolute Gasteiger partial charge is 0.370 e. The van der Waals surface area contributed by atoms with Crippen LogP contribution in [0.1, 0.15) is 18.9 Å². The SMILES string of the molecule is CCN(CCC(N)=O)Cc1ccccc1. The Bertz CT molecular complexity index is 298. The Kier molecular flexibility index (Phi) is 4.84. The smallest absolute Gasteiger partial charge is 0.218 e. The number of nitrogens with zero attached hydrogens (tertiary/aromatic N) is 1. The fraction of sp³-hybridized carbons (Fsp3) is 0.417. The molecule has 1 rings (SSSR count). The van der Waals surface area contributed by atoms with Crippen molar-refractivity contribution in [2.24, 2.45) is 5.73 Å². The van der Waals surface area contributed by atoms with Gasteiger partial charge < -0.3 is 5.73 Å². The summed E-state index contributed by atoms with van der Waals surface area (Å²) in [5.41, 5.74) is 6.39. The van der Waals surface area contributed by atoms with Gasteiger partial charge in [0.1, 0.15) is 0 Å². The van der Waals surface area contributed by atoms with Gasteiger partial charge in [-0.15, -0.1) is 0 Å². The van der Waals surface area contributed by atoms with Crippen LogP contribution in [0, 0.1) is 0 Å². The zero-order valence-corrected chi connectivity index (χ0v) is 9.15. The van der Waals surface area contributed by atoms with Crippen LogP contribution < -0.4 is 5.73 Å². The van der Waals surface area contributed by atoms with Gasteiger partial charge in [0.15, 0.2) is 0 Å². The fourth-order valence-electron chi connectivity index (χ4n) is 1.46. The van der Waals surface area contributed by atoms with E-state index < -0.39 is 0 Å². The molecule has 0 saturated heterocycles. The molecule has 0 heterocycles. The van der Waals surface area contributed by atoms with Gasteiger partial charge in [0, 0.05) is 19.5 Å². The Labute approximate surface area is 90.9 Å². The van der Waals surface area contributed by atoms with E-state index in [9.17, 15) is 4.79 Å². The number of nitrogens with two attached hydrogens (primary N) is 1. The summed E-state index contributed by atoms with van der Waals surface area (Å²) in [5, 5.41) is 0. The van der Waals surface area contributed by atoms with Crippen LogP contribution in [0.5, 0.6) is 0 Å². The lowest BCUT2D eigenvalue weighted by Gasteiger charge is -2.19. The molecule has 0 unspecified atom stereocenters. The Morgan fingerprint density at radius 1 is 1.33 bits per heavy atom. The topological polar surface area (TPSA) is 46.3 Å². The third-order valence-corrected chi connectivity index (χ3v) is 2.37. The van der Waals surface area contributed by atoms with Gasteiger partial charge in [-0.25, -0.2) is 0 Å². The van der Waals surface area contributed by atoms with E-state index in [0.29, 0.717) is 6.42 Å². The Morgan fingerprint density at radius 3 is 2.53 bits per heavy atom. The van der Waals surface area contributed by atoms with Crippen LogP contribution in [0.25, 0.3) is 0 Å². The summed E-state index contributed by atoms with van der Waals surface area (Å²) < 4.78 is 0. The van der Waals surface area contributed by atoms with Crippen molar-refractivity contribution in [2.45, 2.75) is 19.9 Å². The van der Waals surface area contributed by atoms with Gasteiger partial charge >= 0.3 is 0 Å². The van der Waals surface area contributed by atoms with Gasteiger partial charge in [-0.3, -0.25) is 9.69 Å². The summed E-state index contributed by atoms with van der Waals surface area (Å²) in [5.74, 6) is -0.235. The predicted molar refractivity (Wildman–Crippen MR) is 61.2 cm³/mol. The molecule has 0 aliphatic carbocycles. The maximum Gasteiger partial charge on any atom is 0.218 e. The monoisotopic (exact) mass is 206 g/mol.